The molecule has 9 nitrogen and oxygen atoms in total. The number of carboxylic acid groups (broad SMARTS) is 2. The number of allylic oxidation sites excluding steroid dienone is 1. The molecule has 6 rings (SSSR count). The van der Waals surface area contributed by atoms with Gasteiger partial charge in [-0.2, -0.15) is 0 Å². The Morgan fingerprint density at radius 2 is 1.47 bits per heavy atom. The number of nitrogens with zero attached hydrogens (tertiary/aromatic N) is 1. The van der Waals surface area contributed by atoms with Gasteiger partial charge in [0.1, 0.15) is 6.10 Å². The quantitative estimate of drug-likeness (QED) is 0.147. The third kappa shape index (κ3) is 7.55. The Bertz CT molecular complexity index is 1510. The zero-order valence-electron chi connectivity index (χ0n) is 35.5. The van der Waals surface area contributed by atoms with Crippen LogP contribution in [0.2, 0.25) is 0 Å². The Morgan fingerprint density at radius 3 is 2.11 bits per heavy atom. The standard InChI is InChI=1S/C46H73NO8/c1-29(2)31-12-19-46(22-25-54-38(51)28-47-23-15-30(16-24-47)40(52)53)21-20-44(8)32(39(31)46)10-11-34-43(7)17-14-35(42(5,6)33(43)13-18-45(34,44)9)55-37(50)27-41(3,4)26-36(48)49/h30-35,39H,1,10-28H2,2-9H3,(H,48,49)(H,52,53)/t31-,32+,33-,34+,35-,39+,43-,44+,45+,46+/m0/s1. The van der Waals surface area contributed by atoms with Gasteiger partial charge in [-0.1, -0.05) is 60.6 Å². The van der Waals surface area contributed by atoms with Gasteiger partial charge in [0.15, 0.2) is 0 Å². The Morgan fingerprint density at radius 1 is 0.782 bits per heavy atom. The lowest BCUT2D eigenvalue weighted by atomic mass is 9.32. The summed E-state index contributed by atoms with van der Waals surface area (Å²) in [5, 5.41) is 18.7. The maximum atomic E-state index is 13.3. The second-order valence-corrected chi connectivity index (χ2v) is 21.7. The average Bonchev–Trinajstić information content (AvgIpc) is 3.46. The lowest BCUT2D eigenvalue weighted by molar-refractivity contribution is -0.251. The minimum absolute atomic E-state index is 0.0581. The summed E-state index contributed by atoms with van der Waals surface area (Å²) in [7, 11) is 0. The normalized spacial score (nSPS) is 40.1. The van der Waals surface area contributed by atoms with Crippen LogP contribution >= 0.6 is 0 Å². The Kier molecular flexibility index (Phi) is 11.6. The molecule has 5 aliphatic carbocycles. The van der Waals surface area contributed by atoms with E-state index in [1.165, 1.54) is 50.5 Å². The number of likely N-dealkylation sites (tertiary alicyclic amines) is 1. The summed E-state index contributed by atoms with van der Waals surface area (Å²) in [6, 6.07) is 0. The fraction of sp³-hybridized carbons (Fsp3) is 0.870. The summed E-state index contributed by atoms with van der Waals surface area (Å²) in [6.07, 6.45) is 13.3. The molecule has 6 fully saturated rings. The number of carboxylic acids is 2. The van der Waals surface area contributed by atoms with E-state index in [1.54, 1.807) is 0 Å². The highest BCUT2D eigenvalue weighted by atomic mass is 16.5. The fourth-order valence-electron chi connectivity index (χ4n) is 14.9. The summed E-state index contributed by atoms with van der Waals surface area (Å²) >= 11 is 0. The molecule has 0 unspecified atom stereocenters. The minimum Gasteiger partial charge on any atom is -0.481 e. The molecule has 1 saturated heterocycles. The summed E-state index contributed by atoms with van der Waals surface area (Å²) in [4.78, 5) is 51.1. The molecule has 0 bridgehead atoms. The molecule has 0 aromatic carbocycles. The predicted octanol–water partition coefficient (Wildman–Crippen LogP) is 9.18. The summed E-state index contributed by atoms with van der Waals surface area (Å²) < 4.78 is 12.3. The van der Waals surface area contributed by atoms with Crippen LogP contribution in [0.3, 0.4) is 0 Å². The molecule has 0 aromatic rings. The van der Waals surface area contributed by atoms with Crippen LogP contribution in [0.4, 0.5) is 0 Å². The van der Waals surface area contributed by atoms with Gasteiger partial charge in [0.25, 0.3) is 0 Å². The molecule has 310 valence electrons. The molecule has 1 heterocycles. The summed E-state index contributed by atoms with van der Waals surface area (Å²) in [5.74, 6) is 0.246. The SMILES string of the molecule is C=C(C)[C@@H]1CC[C@]2(CCOC(=O)CN3CCC(C(=O)O)CC3)CC[C@]3(C)[C@H](CC[C@@H]4[C@@]5(C)CC[C@H](OC(=O)CC(C)(C)CC(=O)O)C(C)(C)[C@@H]5CC[C@]43C)[C@@H]12. The van der Waals surface area contributed by atoms with E-state index in [4.69, 9.17) is 9.47 Å². The summed E-state index contributed by atoms with van der Waals surface area (Å²) in [6.45, 7) is 24.9. The van der Waals surface area contributed by atoms with E-state index < -0.39 is 17.4 Å². The number of carbonyl (C=O) groups excluding carboxylic acids is 2. The topological polar surface area (TPSA) is 130 Å². The number of carbonyl (C=O) groups is 4. The molecular formula is C46H73NO8. The number of ether oxygens (including phenoxy) is 2. The van der Waals surface area contributed by atoms with Crippen LogP contribution in [0.25, 0.3) is 0 Å². The van der Waals surface area contributed by atoms with Crippen LogP contribution in [0, 0.1) is 68.0 Å². The number of hydrogen-bond acceptors (Lipinski definition) is 7. The largest absolute Gasteiger partial charge is 0.481 e. The number of fused-ring (bicyclic) bond motifs is 7. The van der Waals surface area contributed by atoms with Gasteiger partial charge in [0.05, 0.1) is 31.9 Å². The average molecular weight is 768 g/mol. The molecule has 0 aromatic heterocycles. The molecule has 2 N–H and O–H groups in total. The number of aliphatic carboxylic acids is 2. The number of piperidine rings is 1. The van der Waals surface area contributed by atoms with Crippen molar-refractivity contribution in [3.63, 3.8) is 0 Å². The smallest absolute Gasteiger partial charge is 0.320 e. The van der Waals surface area contributed by atoms with E-state index in [9.17, 15) is 29.4 Å². The predicted molar refractivity (Wildman–Crippen MR) is 212 cm³/mol. The van der Waals surface area contributed by atoms with Gasteiger partial charge in [-0.05, 0) is 160 Å². The van der Waals surface area contributed by atoms with Crippen molar-refractivity contribution in [3.05, 3.63) is 12.2 Å². The van der Waals surface area contributed by atoms with Gasteiger partial charge >= 0.3 is 23.9 Å². The van der Waals surface area contributed by atoms with Crippen molar-refractivity contribution in [1.29, 1.82) is 0 Å². The first-order valence-electron chi connectivity index (χ1n) is 21.8. The third-order valence-corrected chi connectivity index (χ3v) is 17.9. The lowest BCUT2D eigenvalue weighted by Gasteiger charge is -2.73. The Labute approximate surface area is 331 Å². The Hall–Kier alpha value is -2.42. The highest BCUT2D eigenvalue weighted by molar-refractivity contribution is 5.73. The molecule has 55 heavy (non-hydrogen) atoms. The van der Waals surface area contributed by atoms with Crippen molar-refractivity contribution >= 4 is 23.9 Å². The monoisotopic (exact) mass is 768 g/mol. The van der Waals surface area contributed by atoms with Crippen LogP contribution in [-0.2, 0) is 28.7 Å². The zero-order chi connectivity index (χ0) is 40.4. The molecule has 0 spiro atoms. The maximum Gasteiger partial charge on any atom is 0.320 e. The second kappa shape index (κ2) is 15.1. The molecule has 9 heteroatoms. The Balaban J connectivity index is 1.14. The number of hydrogen-bond donors (Lipinski definition) is 2. The van der Waals surface area contributed by atoms with Crippen LogP contribution in [0.1, 0.15) is 152 Å². The third-order valence-electron chi connectivity index (χ3n) is 17.9. The highest BCUT2D eigenvalue weighted by Gasteiger charge is 2.71. The van der Waals surface area contributed by atoms with Crippen molar-refractivity contribution in [3.8, 4) is 0 Å². The molecular weight excluding hydrogens is 695 g/mol. The van der Waals surface area contributed by atoms with Gasteiger partial charge in [-0.15, -0.1) is 0 Å². The fourth-order valence-corrected chi connectivity index (χ4v) is 14.9. The first kappa shape index (κ1) is 42.2. The van der Waals surface area contributed by atoms with Gasteiger partial charge in [0, 0.05) is 5.41 Å². The van der Waals surface area contributed by atoms with Crippen molar-refractivity contribution in [2.75, 3.05) is 26.2 Å². The van der Waals surface area contributed by atoms with E-state index in [0.29, 0.717) is 62.1 Å². The molecule has 5 saturated carbocycles. The lowest BCUT2D eigenvalue weighted by Crippen LogP contribution is -2.66. The van der Waals surface area contributed by atoms with Gasteiger partial charge in [-0.3, -0.25) is 24.1 Å². The number of esters is 2. The minimum atomic E-state index is -0.892. The molecule has 6 aliphatic rings. The van der Waals surface area contributed by atoms with Crippen LogP contribution < -0.4 is 0 Å². The van der Waals surface area contributed by atoms with Crippen molar-refractivity contribution in [2.45, 2.75) is 158 Å². The van der Waals surface area contributed by atoms with Crippen LogP contribution in [-0.4, -0.2) is 71.3 Å². The highest BCUT2D eigenvalue weighted by Crippen LogP contribution is 2.78. The van der Waals surface area contributed by atoms with E-state index in [2.05, 4.69) is 48.1 Å². The van der Waals surface area contributed by atoms with E-state index >= 15 is 0 Å². The van der Waals surface area contributed by atoms with E-state index in [-0.39, 0.29) is 70.4 Å². The van der Waals surface area contributed by atoms with Crippen LogP contribution in [0.15, 0.2) is 12.2 Å². The summed E-state index contributed by atoms with van der Waals surface area (Å²) in [5.41, 5.74) is 1.16. The first-order chi connectivity index (χ1) is 25.6. The van der Waals surface area contributed by atoms with E-state index in [0.717, 1.165) is 25.7 Å². The van der Waals surface area contributed by atoms with Gasteiger partial charge < -0.3 is 19.7 Å². The van der Waals surface area contributed by atoms with Crippen LogP contribution in [0.5, 0.6) is 0 Å². The van der Waals surface area contributed by atoms with Crippen molar-refractivity contribution in [1.82, 2.24) is 4.90 Å². The van der Waals surface area contributed by atoms with Crippen molar-refractivity contribution in [2.24, 2.45) is 68.0 Å². The number of rotatable bonds is 12. The first-order valence-corrected chi connectivity index (χ1v) is 21.8. The van der Waals surface area contributed by atoms with E-state index in [1.807, 2.05) is 18.7 Å². The molecule has 10 atom stereocenters. The molecule has 1 aliphatic heterocycles. The zero-order valence-corrected chi connectivity index (χ0v) is 35.5. The maximum absolute atomic E-state index is 13.3. The van der Waals surface area contributed by atoms with Crippen molar-refractivity contribution < 1.29 is 38.9 Å². The second-order valence-electron chi connectivity index (χ2n) is 21.7. The molecule has 0 radical (unpaired) electrons. The van der Waals surface area contributed by atoms with Gasteiger partial charge in [0.2, 0.25) is 0 Å². The van der Waals surface area contributed by atoms with Gasteiger partial charge in [-0.25, -0.2) is 0 Å². The molecule has 0 amide bonds.